The van der Waals surface area contributed by atoms with E-state index in [1.807, 2.05) is 4.90 Å². The standard InChI is InChI=1S/C16H26N2O3/c1-10-5-3-2-4-6-13(10)17-16(21)18-11-7-8-14(18)12(9-11)15(19)20/h10-14H,2-9H2,1H3,(H,17,21)(H,19,20). The van der Waals surface area contributed by atoms with Crippen molar-refractivity contribution in [3.05, 3.63) is 0 Å². The Morgan fingerprint density at radius 3 is 2.57 bits per heavy atom. The first-order valence-electron chi connectivity index (χ1n) is 8.39. The van der Waals surface area contributed by atoms with Gasteiger partial charge in [-0.15, -0.1) is 0 Å². The second-order valence-corrected chi connectivity index (χ2v) is 7.06. The molecule has 5 atom stereocenters. The van der Waals surface area contributed by atoms with Crippen LogP contribution < -0.4 is 5.32 Å². The molecule has 2 amide bonds. The Hall–Kier alpha value is -1.26. The molecule has 1 aliphatic carbocycles. The highest BCUT2D eigenvalue weighted by atomic mass is 16.4. The fourth-order valence-electron chi connectivity index (χ4n) is 4.51. The molecule has 2 heterocycles. The number of nitrogens with one attached hydrogen (secondary N) is 1. The maximum atomic E-state index is 12.6. The maximum Gasteiger partial charge on any atom is 0.318 e. The summed E-state index contributed by atoms with van der Waals surface area (Å²) in [6, 6.07) is 0.277. The van der Waals surface area contributed by atoms with E-state index in [1.165, 1.54) is 25.7 Å². The normalized spacial score (nSPS) is 39.1. The van der Waals surface area contributed by atoms with Crippen LogP contribution in [0.2, 0.25) is 0 Å². The number of fused-ring (bicyclic) bond motifs is 2. The van der Waals surface area contributed by atoms with Crippen LogP contribution in [-0.4, -0.2) is 40.1 Å². The lowest BCUT2D eigenvalue weighted by atomic mass is 9.89. The van der Waals surface area contributed by atoms with Crippen LogP contribution in [0.4, 0.5) is 4.79 Å². The average Bonchev–Trinajstić information content (AvgIpc) is 2.96. The molecule has 0 spiro atoms. The molecule has 0 radical (unpaired) electrons. The smallest absolute Gasteiger partial charge is 0.318 e. The Bertz CT molecular complexity index is 426. The van der Waals surface area contributed by atoms with Crippen LogP contribution in [0.25, 0.3) is 0 Å². The van der Waals surface area contributed by atoms with Gasteiger partial charge in [0.1, 0.15) is 0 Å². The van der Waals surface area contributed by atoms with Gasteiger partial charge >= 0.3 is 12.0 Å². The lowest BCUT2D eigenvalue weighted by molar-refractivity contribution is -0.142. The lowest BCUT2D eigenvalue weighted by Crippen LogP contribution is -2.49. The number of nitrogens with zero attached hydrogens (tertiary/aromatic N) is 1. The molecule has 0 aromatic carbocycles. The van der Waals surface area contributed by atoms with Gasteiger partial charge in [0, 0.05) is 18.1 Å². The number of rotatable bonds is 2. The third-order valence-corrected chi connectivity index (χ3v) is 5.76. The largest absolute Gasteiger partial charge is 0.481 e. The second kappa shape index (κ2) is 5.85. The molecular weight excluding hydrogens is 268 g/mol. The molecular formula is C16H26N2O3. The molecule has 118 valence electrons. The summed E-state index contributed by atoms with van der Waals surface area (Å²) >= 11 is 0. The van der Waals surface area contributed by atoms with Gasteiger partial charge in [0.15, 0.2) is 0 Å². The Labute approximate surface area is 126 Å². The number of hydrogen-bond donors (Lipinski definition) is 2. The number of carboxylic acids is 1. The number of carbonyl (C=O) groups excluding carboxylic acids is 1. The van der Waals surface area contributed by atoms with Gasteiger partial charge in [-0.25, -0.2) is 4.79 Å². The van der Waals surface area contributed by atoms with Gasteiger partial charge in [-0.05, 0) is 38.0 Å². The van der Waals surface area contributed by atoms with Crippen molar-refractivity contribution in [2.24, 2.45) is 11.8 Å². The molecule has 2 N–H and O–H groups in total. The van der Waals surface area contributed by atoms with Gasteiger partial charge in [0.05, 0.1) is 5.92 Å². The Morgan fingerprint density at radius 2 is 1.86 bits per heavy atom. The molecule has 5 unspecified atom stereocenters. The minimum atomic E-state index is -0.747. The summed E-state index contributed by atoms with van der Waals surface area (Å²) < 4.78 is 0. The van der Waals surface area contributed by atoms with Crippen LogP contribution in [0.5, 0.6) is 0 Å². The van der Waals surface area contributed by atoms with Crippen molar-refractivity contribution in [3.63, 3.8) is 0 Å². The van der Waals surface area contributed by atoms with Crippen LogP contribution in [0.3, 0.4) is 0 Å². The monoisotopic (exact) mass is 294 g/mol. The maximum absolute atomic E-state index is 12.6. The van der Waals surface area contributed by atoms with Crippen LogP contribution >= 0.6 is 0 Å². The van der Waals surface area contributed by atoms with E-state index in [0.717, 1.165) is 19.3 Å². The first kappa shape index (κ1) is 14.7. The van der Waals surface area contributed by atoms with Gasteiger partial charge in [0.25, 0.3) is 0 Å². The number of urea groups is 1. The second-order valence-electron chi connectivity index (χ2n) is 7.06. The average molecular weight is 294 g/mol. The summed E-state index contributed by atoms with van der Waals surface area (Å²) in [6.07, 6.45) is 8.36. The van der Waals surface area contributed by atoms with E-state index in [9.17, 15) is 14.7 Å². The highest BCUT2D eigenvalue weighted by Crippen LogP contribution is 2.41. The summed E-state index contributed by atoms with van der Waals surface area (Å²) in [4.78, 5) is 25.8. The molecule has 5 heteroatoms. The van der Waals surface area contributed by atoms with Crippen molar-refractivity contribution in [1.29, 1.82) is 0 Å². The summed E-state index contributed by atoms with van der Waals surface area (Å²) in [5.74, 6) is -0.587. The minimum Gasteiger partial charge on any atom is -0.481 e. The fourth-order valence-corrected chi connectivity index (χ4v) is 4.51. The summed E-state index contributed by atoms with van der Waals surface area (Å²) in [5.41, 5.74) is 0. The lowest BCUT2D eigenvalue weighted by Gasteiger charge is -2.29. The Kier molecular flexibility index (Phi) is 4.09. The van der Waals surface area contributed by atoms with E-state index in [1.54, 1.807) is 0 Å². The van der Waals surface area contributed by atoms with Crippen LogP contribution in [-0.2, 0) is 4.79 Å². The van der Waals surface area contributed by atoms with E-state index >= 15 is 0 Å². The van der Waals surface area contributed by atoms with Gasteiger partial charge in [-0.3, -0.25) is 4.79 Å². The number of amides is 2. The first-order valence-corrected chi connectivity index (χ1v) is 8.39. The first-order chi connectivity index (χ1) is 10.1. The molecule has 5 nitrogen and oxygen atoms in total. The molecule has 2 aliphatic heterocycles. The zero-order chi connectivity index (χ0) is 15.0. The topological polar surface area (TPSA) is 69.6 Å². The van der Waals surface area contributed by atoms with E-state index in [-0.39, 0.29) is 30.1 Å². The van der Waals surface area contributed by atoms with Crippen molar-refractivity contribution in [2.45, 2.75) is 76.4 Å². The Balaban J connectivity index is 1.64. The SMILES string of the molecule is CC1CCCCCC1NC(=O)N1C2CCC1C(C(=O)O)C2. The number of carboxylic acid groups (broad SMARTS) is 1. The fraction of sp³-hybridized carbons (Fsp3) is 0.875. The summed E-state index contributed by atoms with van der Waals surface area (Å²) in [5, 5.41) is 12.5. The highest BCUT2D eigenvalue weighted by Gasteiger charge is 2.51. The van der Waals surface area contributed by atoms with Crippen molar-refractivity contribution >= 4 is 12.0 Å². The van der Waals surface area contributed by atoms with E-state index in [4.69, 9.17) is 0 Å². The van der Waals surface area contributed by atoms with Crippen molar-refractivity contribution in [1.82, 2.24) is 10.2 Å². The molecule has 0 aromatic heterocycles. The third-order valence-electron chi connectivity index (χ3n) is 5.76. The van der Waals surface area contributed by atoms with Crippen LogP contribution in [0.1, 0.15) is 58.3 Å². The van der Waals surface area contributed by atoms with Gasteiger partial charge in [-0.2, -0.15) is 0 Å². The number of carbonyl (C=O) groups is 2. The van der Waals surface area contributed by atoms with Gasteiger partial charge in [-0.1, -0.05) is 26.2 Å². The van der Waals surface area contributed by atoms with E-state index in [2.05, 4.69) is 12.2 Å². The van der Waals surface area contributed by atoms with Crippen LogP contribution in [0, 0.1) is 11.8 Å². The molecule has 3 rings (SSSR count). The molecule has 1 saturated carbocycles. The summed E-state index contributed by atoms with van der Waals surface area (Å²) in [6.45, 7) is 2.22. The molecule has 2 bridgehead atoms. The van der Waals surface area contributed by atoms with Crippen molar-refractivity contribution in [2.75, 3.05) is 0 Å². The predicted molar refractivity (Wildman–Crippen MR) is 79.0 cm³/mol. The van der Waals surface area contributed by atoms with Gasteiger partial charge < -0.3 is 15.3 Å². The number of hydrogen-bond acceptors (Lipinski definition) is 2. The minimum absolute atomic E-state index is 0.0231. The molecule has 0 aromatic rings. The Morgan fingerprint density at radius 1 is 1.10 bits per heavy atom. The van der Waals surface area contributed by atoms with Crippen molar-refractivity contribution in [3.8, 4) is 0 Å². The van der Waals surface area contributed by atoms with Gasteiger partial charge in [0.2, 0.25) is 0 Å². The molecule has 3 aliphatic rings. The molecule has 3 fully saturated rings. The third kappa shape index (κ3) is 2.74. The van der Waals surface area contributed by atoms with Crippen molar-refractivity contribution < 1.29 is 14.7 Å². The summed E-state index contributed by atoms with van der Waals surface area (Å²) in [7, 11) is 0. The zero-order valence-corrected chi connectivity index (χ0v) is 12.8. The highest BCUT2D eigenvalue weighted by molar-refractivity contribution is 5.79. The van der Waals surface area contributed by atoms with Crippen LogP contribution in [0.15, 0.2) is 0 Å². The number of aliphatic carboxylic acids is 1. The zero-order valence-electron chi connectivity index (χ0n) is 12.8. The molecule has 21 heavy (non-hydrogen) atoms. The van der Waals surface area contributed by atoms with E-state index in [0.29, 0.717) is 12.3 Å². The predicted octanol–water partition coefficient (Wildman–Crippen LogP) is 2.60. The quantitative estimate of drug-likeness (QED) is 0.769. The van der Waals surface area contributed by atoms with E-state index < -0.39 is 5.97 Å². The molecule has 2 saturated heterocycles.